The third kappa shape index (κ3) is 8.83. The monoisotopic (exact) mass is 513 g/mol. The van der Waals surface area contributed by atoms with Gasteiger partial charge < -0.3 is 49.4 Å². The van der Waals surface area contributed by atoms with Crippen LogP contribution < -0.4 is 43.9 Å². The number of azo groups is 1. The van der Waals surface area contributed by atoms with Crippen LogP contribution in [-0.2, 0) is 14.1 Å². The van der Waals surface area contributed by atoms with Crippen LogP contribution in [0, 0.1) is 0 Å². The molecule has 0 bridgehead atoms. The number of benzene rings is 1. The molecule has 1 aromatic carbocycles. The second-order valence-corrected chi connectivity index (χ2v) is 6.78. The van der Waals surface area contributed by atoms with Crippen LogP contribution in [0.3, 0.4) is 0 Å². The fraction of sp³-hybridized carbons (Fsp3) is 0.471. The van der Waals surface area contributed by atoms with Gasteiger partial charge in [0.1, 0.15) is 5.69 Å². The van der Waals surface area contributed by atoms with Crippen molar-refractivity contribution in [1.82, 2.24) is 15.0 Å². The van der Waals surface area contributed by atoms with E-state index in [1.807, 2.05) is 59.9 Å². The molecule has 0 saturated heterocycles. The first-order valence-electron chi connectivity index (χ1n) is 9.47. The Morgan fingerprint density at radius 3 is 2.03 bits per heavy atom. The highest BCUT2D eigenvalue weighted by molar-refractivity contribution is 6.45. The topological polar surface area (TPSA) is 101 Å². The molecule has 0 aliphatic rings. The molecule has 1 heterocycles. The number of imidazole rings is 1. The predicted octanol–water partition coefficient (Wildman–Crippen LogP) is -2.52. The van der Waals surface area contributed by atoms with E-state index in [0.717, 1.165) is 30.4 Å². The van der Waals surface area contributed by atoms with Crippen molar-refractivity contribution in [1.29, 1.82) is 0 Å². The van der Waals surface area contributed by atoms with Gasteiger partial charge in [-0.1, -0.05) is 5.11 Å². The Morgan fingerprint density at radius 2 is 1.59 bits per heavy atom. The highest BCUT2D eigenvalue weighted by atomic mass is 127. The van der Waals surface area contributed by atoms with Gasteiger partial charge >= 0.3 is 20.0 Å². The number of hydrogen-bond donors (Lipinski definition) is 4. The fourth-order valence-corrected chi connectivity index (χ4v) is 2.74. The molecule has 0 atom stereocenters. The summed E-state index contributed by atoms with van der Waals surface area (Å²) in [4.78, 5) is 2.18. The minimum atomic E-state index is -0.543. The zero-order valence-corrected chi connectivity index (χ0v) is 19.6. The van der Waals surface area contributed by atoms with Gasteiger partial charge in [0.15, 0.2) is 0 Å². The summed E-state index contributed by atoms with van der Waals surface area (Å²) >= 11 is 0. The first-order chi connectivity index (χ1) is 13.4. The minimum absolute atomic E-state index is 0. The third-order valence-corrected chi connectivity index (χ3v) is 4.26. The number of anilines is 1. The molecule has 0 amide bonds. The van der Waals surface area contributed by atoms with Crippen LogP contribution >= 0.6 is 0 Å². The summed E-state index contributed by atoms with van der Waals surface area (Å²) in [5, 5.41) is 33.4. The zero-order valence-electron chi connectivity index (χ0n) is 17.5. The van der Waals surface area contributed by atoms with Crippen molar-refractivity contribution in [2.24, 2.45) is 24.3 Å². The van der Waals surface area contributed by atoms with Gasteiger partial charge in [-0.2, -0.15) is 0 Å². The minimum Gasteiger partial charge on any atom is -1.00 e. The molecule has 0 aliphatic carbocycles. The van der Waals surface area contributed by atoms with Crippen LogP contribution in [0.1, 0.15) is 0 Å². The average Bonchev–Trinajstić information content (AvgIpc) is 2.96. The molecule has 1 aromatic heterocycles. The Balaban J connectivity index is 0.00000420. The molecule has 0 fully saturated rings. The highest BCUT2D eigenvalue weighted by Crippen LogP contribution is 2.21. The largest absolute Gasteiger partial charge is 1.00 e. The smallest absolute Gasteiger partial charge is 0.421 e. The first-order valence-corrected chi connectivity index (χ1v) is 9.47. The standard InChI is InChI=1S/C17H30B2N7O2.HI/c1-18(27)20-9-11-26(12-10-21-19(2)28)16-7-5-15(6-8-16)22-23-17-24(3)13-14-25(17)4;/h5-8,13-14,20-21,27-28H,9-12H2,1-4H3;1H/q+1;/p-1. The summed E-state index contributed by atoms with van der Waals surface area (Å²) in [6.07, 6.45) is 3.86. The van der Waals surface area contributed by atoms with Gasteiger partial charge in [-0.05, 0) is 37.9 Å². The molecular weight excluding hydrogens is 483 g/mol. The summed E-state index contributed by atoms with van der Waals surface area (Å²) in [7, 11) is 2.77. The van der Waals surface area contributed by atoms with E-state index in [2.05, 4.69) is 25.6 Å². The molecule has 9 nitrogen and oxygen atoms in total. The molecule has 0 spiro atoms. The fourth-order valence-electron chi connectivity index (χ4n) is 2.74. The second kappa shape index (κ2) is 13.0. The van der Waals surface area contributed by atoms with Crippen LogP contribution in [0.25, 0.3) is 0 Å². The molecule has 2 rings (SSSR count). The van der Waals surface area contributed by atoms with Crippen molar-refractivity contribution in [3.63, 3.8) is 0 Å². The Hall–Kier alpha value is -1.47. The van der Waals surface area contributed by atoms with Gasteiger partial charge in [-0.25, -0.2) is 9.13 Å². The van der Waals surface area contributed by atoms with Crippen LogP contribution in [-0.4, -0.2) is 54.9 Å². The average molecular weight is 513 g/mol. The van der Waals surface area contributed by atoms with Gasteiger partial charge in [0.25, 0.3) is 0 Å². The summed E-state index contributed by atoms with van der Waals surface area (Å²) in [5.74, 6) is 0.763. The normalized spacial score (nSPS) is 10.8. The number of halogens is 1. The van der Waals surface area contributed by atoms with Crippen molar-refractivity contribution >= 4 is 31.4 Å². The van der Waals surface area contributed by atoms with Gasteiger partial charge in [0, 0.05) is 37.0 Å². The van der Waals surface area contributed by atoms with Crippen molar-refractivity contribution in [2.75, 3.05) is 31.1 Å². The van der Waals surface area contributed by atoms with Crippen molar-refractivity contribution < 1.29 is 38.6 Å². The molecule has 158 valence electrons. The maximum Gasteiger partial charge on any atom is 0.421 e. The Morgan fingerprint density at radius 1 is 1.03 bits per heavy atom. The van der Waals surface area contributed by atoms with Crippen LogP contribution in [0.2, 0.25) is 13.6 Å². The predicted molar refractivity (Wildman–Crippen MR) is 113 cm³/mol. The Kier molecular flexibility index (Phi) is 11.4. The van der Waals surface area contributed by atoms with Gasteiger partial charge in [0.2, 0.25) is 0 Å². The molecule has 2 aromatic rings. The van der Waals surface area contributed by atoms with E-state index in [0.29, 0.717) is 13.1 Å². The summed E-state index contributed by atoms with van der Waals surface area (Å²) in [6, 6.07) is 7.87. The molecule has 0 aliphatic heterocycles. The summed E-state index contributed by atoms with van der Waals surface area (Å²) < 4.78 is 3.81. The summed E-state index contributed by atoms with van der Waals surface area (Å²) in [6.45, 7) is 6.16. The highest BCUT2D eigenvalue weighted by Gasteiger charge is 2.12. The number of rotatable bonds is 11. The van der Waals surface area contributed by atoms with Crippen molar-refractivity contribution in [3.05, 3.63) is 36.7 Å². The SMILES string of the molecule is CB(O)NCCN(CCNB(C)O)c1ccc(N=Nc2n(C)cc[n+]2C)cc1.[I-]. The molecule has 0 radical (unpaired) electrons. The maximum atomic E-state index is 9.40. The maximum absolute atomic E-state index is 9.40. The lowest BCUT2D eigenvalue weighted by Gasteiger charge is -2.25. The number of nitrogens with one attached hydrogen (secondary N) is 2. The second-order valence-electron chi connectivity index (χ2n) is 6.78. The van der Waals surface area contributed by atoms with E-state index in [9.17, 15) is 10.0 Å². The Bertz CT molecular complexity index is 723. The van der Waals surface area contributed by atoms with E-state index in [-0.39, 0.29) is 24.0 Å². The number of nitrogens with zero attached hydrogens (tertiary/aromatic N) is 5. The lowest BCUT2D eigenvalue weighted by Crippen LogP contribution is -3.00. The lowest BCUT2D eigenvalue weighted by atomic mass is 9.89. The molecule has 4 N–H and O–H groups in total. The number of aryl methyl sites for hydroxylation is 2. The van der Waals surface area contributed by atoms with E-state index >= 15 is 0 Å². The molecule has 12 heteroatoms. The molecule has 0 saturated carbocycles. The van der Waals surface area contributed by atoms with Gasteiger partial charge in [0.05, 0.1) is 26.5 Å². The third-order valence-electron chi connectivity index (χ3n) is 4.26. The zero-order chi connectivity index (χ0) is 20.5. The van der Waals surface area contributed by atoms with Crippen molar-refractivity contribution in [2.45, 2.75) is 13.6 Å². The molecule has 29 heavy (non-hydrogen) atoms. The quantitative estimate of drug-likeness (QED) is 0.115. The van der Waals surface area contributed by atoms with Gasteiger partial charge in [-0.3, -0.25) is 0 Å². The van der Waals surface area contributed by atoms with E-state index in [4.69, 9.17) is 0 Å². The molecule has 0 unspecified atom stereocenters. The number of hydrogen-bond acceptors (Lipinski definition) is 7. The van der Waals surface area contributed by atoms with Gasteiger partial charge in [-0.15, -0.1) is 0 Å². The van der Waals surface area contributed by atoms with Crippen LogP contribution in [0.5, 0.6) is 0 Å². The first kappa shape index (κ1) is 25.6. The number of aromatic nitrogens is 2. The van der Waals surface area contributed by atoms with E-state index in [1.54, 1.807) is 13.6 Å². The Labute approximate surface area is 190 Å². The van der Waals surface area contributed by atoms with E-state index in [1.165, 1.54) is 0 Å². The van der Waals surface area contributed by atoms with Crippen LogP contribution in [0.4, 0.5) is 17.3 Å². The molecular formula is C17H30B2IN7O2. The lowest BCUT2D eigenvalue weighted by molar-refractivity contribution is -0.657. The van der Waals surface area contributed by atoms with Crippen molar-refractivity contribution in [3.8, 4) is 0 Å². The van der Waals surface area contributed by atoms with E-state index < -0.39 is 14.1 Å². The van der Waals surface area contributed by atoms with Crippen LogP contribution in [0.15, 0.2) is 46.9 Å². The summed E-state index contributed by atoms with van der Waals surface area (Å²) in [5.41, 5.74) is 1.82.